The van der Waals surface area contributed by atoms with Crippen LogP contribution in [0.25, 0.3) is 0 Å². The molecule has 0 atom stereocenters. The molecule has 1 heterocycles. The number of benzene rings is 2. The number of hydrogen-bond donors (Lipinski definition) is 1. The molecule has 3 aromatic rings. The van der Waals surface area contributed by atoms with Crippen LogP contribution in [0, 0.1) is 20.8 Å². The van der Waals surface area contributed by atoms with Crippen molar-refractivity contribution in [1.29, 1.82) is 0 Å². The number of aromatic nitrogens is 1. The number of ether oxygens (including phenoxy) is 1. The highest BCUT2D eigenvalue weighted by atomic mass is 32.1. The highest BCUT2D eigenvalue weighted by molar-refractivity contribution is 7.09. The second-order valence-electron chi connectivity index (χ2n) is 6.65. The van der Waals surface area contributed by atoms with Crippen LogP contribution >= 0.6 is 11.3 Å². The van der Waals surface area contributed by atoms with E-state index in [1.165, 1.54) is 11.3 Å². The second-order valence-corrected chi connectivity index (χ2v) is 7.59. The van der Waals surface area contributed by atoms with Crippen LogP contribution in [0.2, 0.25) is 0 Å². The van der Waals surface area contributed by atoms with Gasteiger partial charge in [0, 0.05) is 11.1 Å². The zero-order chi connectivity index (χ0) is 20.1. The monoisotopic (exact) mass is 394 g/mol. The van der Waals surface area contributed by atoms with Crippen LogP contribution < -0.4 is 5.32 Å². The van der Waals surface area contributed by atoms with Gasteiger partial charge in [0.15, 0.2) is 0 Å². The third kappa shape index (κ3) is 5.04. The van der Waals surface area contributed by atoms with E-state index in [1.807, 2.05) is 62.5 Å². The molecule has 0 spiro atoms. The molecule has 2 aromatic carbocycles. The fraction of sp³-hybridized carbons (Fsp3) is 0.227. The smallest absolute Gasteiger partial charge is 0.338 e. The second kappa shape index (κ2) is 8.80. The van der Waals surface area contributed by atoms with Gasteiger partial charge in [-0.3, -0.25) is 4.79 Å². The van der Waals surface area contributed by atoms with Gasteiger partial charge < -0.3 is 10.1 Å². The lowest BCUT2D eigenvalue weighted by molar-refractivity contribution is -0.115. The summed E-state index contributed by atoms with van der Waals surface area (Å²) in [5, 5.41) is 5.35. The Morgan fingerprint density at radius 2 is 1.82 bits per heavy atom. The Morgan fingerprint density at radius 3 is 2.57 bits per heavy atom. The number of hydrogen-bond acceptors (Lipinski definition) is 5. The number of aryl methyl sites for hydroxylation is 2. The van der Waals surface area contributed by atoms with Crippen LogP contribution in [0.15, 0.2) is 47.8 Å². The van der Waals surface area contributed by atoms with Crippen LogP contribution in [0.4, 0.5) is 5.69 Å². The van der Waals surface area contributed by atoms with Crippen LogP contribution in [0.3, 0.4) is 0 Å². The molecule has 0 saturated carbocycles. The lowest BCUT2D eigenvalue weighted by atomic mass is 10.0. The molecule has 144 valence electrons. The van der Waals surface area contributed by atoms with Gasteiger partial charge in [0.05, 0.1) is 17.7 Å². The van der Waals surface area contributed by atoms with Crippen molar-refractivity contribution in [2.75, 3.05) is 5.32 Å². The molecule has 0 bridgehead atoms. The van der Waals surface area contributed by atoms with E-state index in [-0.39, 0.29) is 24.9 Å². The van der Waals surface area contributed by atoms with Crippen LogP contribution in [0.1, 0.15) is 37.7 Å². The Kier molecular flexibility index (Phi) is 6.21. The molecule has 3 rings (SSSR count). The minimum atomic E-state index is -0.368. The number of esters is 1. The number of carbonyl (C=O) groups is 2. The molecule has 5 nitrogen and oxygen atoms in total. The fourth-order valence-corrected chi connectivity index (χ4v) is 3.44. The Hall–Kier alpha value is -2.99. The predicted octanol–water partition coefficient (Wildman–Crippen LogP) is 4.61. The zero-order valence-electron chi connectivity index (χ0n) is 16.1. The van der Waals surface area contributed by atoms with Gasteiger partial charge in [0.2, 0.25) is 5.91 Å². The number of carbonyl (C=O) groups excluding carboxylic acids is 2. The lowest BCUT2D eigenvalue weighted by Crippen LogP contribution is -2.14. The number of nitrogens with zero attached hydrogens (tertiary/aromatic N) is 1. The van der Waals surface area contributed by atoms with E-state index >= 15 is 0 Å². The first-order valence-electron chi connectivity index (χ1n) is 8.95. The molecule has 0 aliphatic rings. The molecule has 0 unspecified atom stereocenters. The molecule has 1 aromatic heterocycles. The average molecular weight is 394 g/mol. The van der Waals surface area contributed by atoms with Gasteiger partial charge in [0.25, 0.3) is 0 Å². The van der Waals surface area contributed by atoms with E-state index in [0.717, 1.165) is 22.4 Å². The van der Waals surface area contributed by atoms with E-state index in [2.05, 4.69) is 10.3 Å². The van der Waals surface area contributed by atoms with Gasteiger partial charge in [-0.2, -0.15) is 0 Å². The maximum Gasteiger partial charge on any atom is 0.338 e. The fourth-order valence-electron chi connectivity index (χ4n) is 2.67. The largest absolute Gasteiger partial charge is 0.456 e. The number of amides is 1. The molecule has 28 heavy (non-hydrogen) atoms. The molecule has 0 radical (unpaired) electrons. The standard InChI is InChI=1S/C22H22N2O3S/c1-14-7-9-17(10-8-14)23-20(25)11-21-24-18(13-28-21)12-27-22(26)19-6-4-5-15(2)16(19)3/h4-10,13H,11-12H2,1-3H3,(H,23,25). The average Bonchev–Trinajstić information content (AvgIpc) is 3.11. The van der Waals surface area contributed by atoms with Crippen molar-refractivity contribution in [3.8, 4) is 0 Å². The summed E-state index contributed by atoms with van der Waals surface area (Å²) in [4.78, 5) is 28.9. The summed E-state index contributed by atoms with van der Waals surface area (Å²) in [5.41, 5.74) is 5.06. The number of rotatable bonds is 6. The normalized spacial score (nSPS) is 10.5. The SMILES string of the molecule is Cc1ccc(NC(=O)Cc2nc(COC(=O)c3cccc(C)c3C)cs2)cc1. The van der Waals surface area contributed by atoms with Crippen molar-refractivity contribution in [3.05, 3.63) is 80.8 Å². The molecular weight excluding hydrogens is 372 g/mol. The minimum absolute atomic E-state index is 0.0856. The first-order valence-corrected chi connectivity index (χ1v) is 9.83. The zero-order valence-corrected chi connectivity index (χ0v) is 16.9. The van der Waals surface area contributed by atoms with Crippen LogP contribution in [-0.4, -0.2) is 16.9 Å². The van der Waals surface area contributed by atoms with E-state index in [4.69, 9.17) is 4.74 Å². The van der Waals surface area contributed by atoms with Crippen molar-refractivity contribution >= 4 is 28.9 Å². The summed E-state index contributed by atoms with van der Waals surface area (Å²) in [6, 6.07) is 13.2. The van der Waals surface area contributed by atoms with Gasteiger partial charge in [0.1, 0.15) is 11.6 Å². The number of thiazole rings is 1. The van der Waals surface area contributed by atoms with Gasteiger partial charge in [-0.15, -0.1) is 11.3 Å². The van der Waals surface area contributed by atoms with Crippen molar-refractivity contribution < 1.29 is 14.3 Å². The third-order valence-electron chi connectivity index (χ3n) is 4.42. The van der Waals surface area contributed by atoms with Crippen molar-refractivity contribution in [1.82, 2.24) is 4.98 Å². The highest BCUT2D eigenvalue weighted by Gasteiger charge is 2.13. The first kappa shape index (κ1) is 19.8. The molecule has 1 N–H and O–H groups in total. The predicted molar refractivity (Wildman–Crippen MR) is 111 cm³/mol. The molecule has 1 amide bonds. The van der Waals surface area contributed by atoms with Crippen LogP contribution in [0.5, 0.6) is 0 Å². The van der Waals surface area contributed by atoms with E-state index in [9.17, 15) is 9.59 Å². The Morgan fingerprint density at radius 1 is 1.07 bits per heavy atom. The van der Waals surface area contributed by atoms with Crippen molar-refractivity contribution in [2.24, 2.45) is 0 Å². The Bertz CT molecular complexity index is 993. The maximum atomic E-state index is 12.3. The minimum Gasteiger partial charge on any atom is -0.456 e. The van der Waals surface area contributed by atoms with E-state index < -0.39 is 0 Å². The molecule has 6 heteroatoms. The Balaban J connectivity index is 1.53. The summed E-state index contributed by atoms with van der Waals surface area (Å²) in [5.74, 6) is -0.495. The maximum absolute atomic E-state index is 12.3. The number of nitrogens with one attached hydrogen (secondary N) is 1. The van der Waals surface area contributed by atoms with Gasteiger partial charge >= 0.3 is 5.97 Å². The van der Waals surface area contributed by atoms with E-state index in [0.29, 0.717) is 16.3 Å². The van der Waals surface area contributed by atoms with Crippen molar-refractivity contribution in [3.63, 3.8) is 0 Å². The van der Waals surface area contributed by atoms with Gasteiger partial charge in [-0.25, -0.2) is 9.78 Å². The summed E-state index contributed by atoms with van der Waals surface area (Å²) in [6.45, 7) is 5.94. The summed E-state index contributed by atoms with van der Waals surface area (Å²) < 4.78 is 5.38. The highest BCUT2D eigenvalue weighted by Crippen LogP contribution is 2.17. The Labute approximate surface area is 168 Å². The summed E-state index contributed by atoms with van der Waals surface area (Å²) in [6.07, 6.45) is 0.184. The summed E-state index contributed by atoms with van der Waals surface area (Å²) in [7, 11) is 0. The first-order chi connectivity index (χ1) is 13.4. The van der Waals surface area contributed by atoms with Crippen LogP contribution in [-0.2, 0) is 22.6 Å². The topological polar surface area (TPSA) is 68.3 Å². The molecule has 0 aliphatic heterocycles. The molecule has 0 aliphatic carbocycles. The van der Waals surface area contributed by atoms with Gasteiger partial charge in [-0.05, 0) is 50.1 Å². The number of anilines is 1. The van der Waals surface area contributed by atoms with Gasteiger partial charge in [-0.1, -0.05) is 29.8 Å². The molecule has 0 fully saturated rings. The lowest BCUT2D eigenvalue weighted by Gasteiger charge is -2.08. The van der Waals surface area contributed by atoms with Crippen molar-refractivity contribution in [2.45, 2.75) is 33.8 Å². The van der Waals surface area contributed by atoms with E-state index in [1.54, 1.807) is 6.07 Å². The summed E-state index contributed by atoms with van der Waals surface area (Å²) >= 11 is 1.38. The quantitative estimate of drug-likeness (QED) is 0.620. The molecular formula is C22H22N2O3S. The molecule has 0 saturated heterocycles. The third-order valence-corrected chi connectivity index (χ3v) is 5.32.